The first kappa shape index (κ1) is 19.6. The fraction of sp³-hybridized carbons (Fsp3) is 0.900. The summed E-state index contributed by atoms with van der Waals surface area (Å²) in [6.07, 6.45) is 5.47. The number of rotatable bonds is 5. The molecule has 3 unspecified atom stereocenters. The van der Waals surface area contributed by atoms with Gasteiger partial charge in [-0.3, -0.25) is 9.59 Å². The van der Waals surface area contributed by atoms with E-state index < -0.39 is 6.10 Å². The van der Waals surface area contributed by atoms with Crippen molar-refractivity contribution in [1.29, 1.82) is 0 Å². The number of amides is 2. The van der Waals surface area contributed by atoms with Gasteiger partial charge in [-0.05, 0) is 44.4 Å². The molecule has 3 rings (SSSR count). The van der Waals surface area contributed by atoms with E-state index in [0.717, 1.165) is 58.3 Å². The molecule has 6 nitrogen and oxygen atoms in total. The van der Waals surface area contributed by atoms with Gasteiger partial charge in [-0.15, -0.1) is 0 Å². The molecule has 0 aromatic carbocycles. The average Bonchev–Trinajstić information content (AvgIpc) is 3.11. The number of carbonyl (C=O) groups is 2. The summed E-state index contributed by atoms with van der Waals surface area (Å²) in [6, 6.07) is 0. The molecule has 3 aliphatic rings. The van der Waals surface area contributed by atoms with Crippen molar-refractivity contribution in [2.75, 3.05) is 32.8 Å². The topological polar surface area (TPSA) is 70.1 Å². The fourth-order valence-electron chi connectivity index (χ4n) is 4.67. The molecule has 0 radical (unpaired) electrons. The molecule has 3 aliphatic heterocycles. The molecule has 1 spiro atoms. The lowest BCUT2D eigenvalue weighted by Crippen LogP contribution is -2.56. The third-order valence-corrected chi connectivity index (χ3v) is 6.28. The van der Waals surface area contributed by atoms with Crippen LogP contribution in [0.15, 0.2) is 0 Å². The smallest absolute Gasteiger partial charge is 0.251 e. The summed E-state index contributed by atoms with van der Waals surface area (Å²) in [5.41, 5.74) is 0.0494. The predicted molar refractivity (Wildman–Crippen MR) is 98.5 cm³/mol. The van der Waals surface area contributed by atoms with Crippen LogP contribution in [0.2, 0.25) is 0 Å². The van der Waals surface area contributed by atoms with Gasteiger partial charge in [0.1, 0.15) is 6.10 Å². The maximum Gasteiger partial charge on any atom is 0.251 e. The summed E-state index contributed by atoms with van der Waals surface area (Å²) in [5, 5.41) is 9.23. The van der Waals surface area contributed by atoms with Crippen molar-refractivity contribution in [2.24, 2.45) is 11.3 Å². The van der Waals surface area contributed by atoms with E-state index in [2.05, 4.69) is 13.8 Å². The minimum atomic E-state index is -0.399. The highest BCUT2D eigenvalue weighted by Gasteiger charge is 2.44. The standard InChI is InChI=1S/C20H34N2O4/c1-15(2)7-11-21-13-20(9-6-18(21)24)8-3-10-22(14-20)19(25)17-5-4-16(12-23)26-17/h15-17,23H,3-14H2,1-2H3. The summed E-state index contributed by atoms with van der Waals surface area (Å²) < 4.78 is 5.70. The zero-order valence-electron chi connectivity index (χ0n) is 16.3. The normalized spacial score (nSPS) is 32.7. The van der Waals surface area contributed by atoms with Crippen LogP contribution in [0.5, 0.6) is 0 Å². The number of ether oxygens (including phenoxy) is 1. The van der Waals surface area contributed by atoms with Crippen LogP contribution in [0.1, 0.15) is 58.8 Å². The molecular formula is C20H34N2O4. The number of likely N-dealkylation sites (tertiary alicyclic amines) is 2. The lowest BCUT2D eigenvalue weighted by molar-refractivity contribution is -0.150. The molecule has 1 N–H and O–H groups in total. The molecule has 2 amide bonds. The highest BCUT2D eigenvalue weighted by atomic mass is 16.5. The van der Waals surface area contributed by atoms with E-state index in [1.165, 1.54) is 0 Å². The van der Waals surface area contributed by atoms with Crippen LogP contribution in [0.25, 0.3) is 0 Å². The average molecular weight is 367 g/mol. The Labute approximate surface area is 156 Å². The first-order valence-electron chi connectivity index (χ1n) is 10.3. The third kappa shape index (κ3) is 4.39. The van der Waals surface area contributed by atoms with Crippen LogP contribution in [0, 0.1) is 11.3 Å². The van der Waals surface area contributed by atoms with E-state index in [0.29, 0.717) is 18.8 Å². The molecule has 148 valence electrons. The monoisotopic (exact) mass is 366 g/mol. The second-order valence-electron chi connectivity index (χ2n) is 8.87. The van der Waals surface area contributed by atoms with Crippen LogP contribution in [0.4, 0.5) is 0 Å². The van der Waals surface area contributed by atoms with Gasteiger partial charge in [0.2, 0.25) is 5.91 Å². The molecule has 0 aromatic heterocycles. The lowest BCUT2D eigenvalue weighted by Gasteiger charge is -2.48. The molecule has 3 fully saturated rings. The minimum Gasteiger partial charge on any atom is -0.394 e. The molecule has 0 aliphatic carbocycles. The first-order chi connectivity index (χ1) is 12.4. The van der Waals surface area contributed by atoms with E-state index in [1.807, 2.05) is 9.80 Å². The van der Waals surface area contributed by atoms with E-state index in [-0.39, 0.29) is 29.9 Å². The number of aliphatic hydroxyl groups is 1. The molecule has 3 heterocycles. The fourth-order valence-corrected chi connectivity index (χ4v) is 4.67. The van der Waals surface area contributed by atoms with Crippen LogP contribution >= 0.6 is 0 Å². The minimum absolute atomic E-state index is 0.0133. The predicted octanol–water partition coefficient (Wildman–Crippen LogP) is 1.80. The Morgan fingerprint density at radius 1 is 1.31 bits per heavy atom. The van der Waals surface area contributed by atoms with Crippen molar-refractivity contribution >= 4 is 11.8 Å². The van der Waals surface area contributed by atoms with E-state index in [4.69, 9.17) is 4.74 Å². The first-order valence-corrected chi connectivity index (χ1v) is 10.3. The zero-order valence-corrected chi connectivity index (χ0v) is 16.3. The van der Waals surface area contributed by atoms with Gasteiger partial charge in [0.05, 0.1) is 12.7 Å². The van der Waals surface area contributed by atoms with Crippen LogP contribution < -0.4 is 0 Å². The van der Waals surface area contributed by atoms with Gasteiger partial charge in [0.15, 0.2) is 0 Å². The number of hydrogen-bond acceptors (Lipinski definition) is 4. The molecule has 3 atom stereocenters. The molecule has 0 bridgehead atoms. The van der Waals surface area contributed by atoms with Gasteiger partial charge in [-0.25, -0.2) is 0 Å². The second-order valence-corrected chi connectivity index (χ2v) is 8.87. The summed E-state index contributed by atoms with van der Waals surface area (Å²) >= 11 is 0. The van der Waals surface area contributed by atoms with E-state index in [9.17, 15) is 14.7 Å². The Morgan fingerprint density at radius 2 is 2.12 bits per heavy atom. The summed E-state index contributed by atoms with van der Waals surface area (Å²) in [7, 11) is 0. The Kier molecular flexibility index (Phi) is 6.23. The molecule has 0 saturated carbocycles. The van der Waals surface area contributed by atoms with Crippen molar-refractivity contribution in [3.63, 3.8) is 0 Å². The van der Waals surface area contributed by atoms with Crippen molar-refractivity contribution < 1.29 is 19.4 Å². The quantitative estimate of drug-likeness (QED) is 0.806. The second kappa shape index (κ2) is 8.26. The summed E-state index contributed by atoms with van der Waals surface area (Å²) in [5.74, 6) is 0.930. The van der Waals surface area contributed by atoms with Crippen molar-refractivity contribution in [3.8, 4) is 0 Å². The Hall–Kier alpha value is -1.14. The zero-order chi connectivity index (χ0) is 18.7. The van der Waals surface area contributed by atoms with Gasteiger partial charge in [0.25, 0.3) is 5.91 Å². The Balaban J connectivity index is 1.61. The summed E-state index contributed by atoms with van der Waals surface area (Å²) in [4.78, 5) is 29.2. The van der Waals surface area contributed by atoms with Gasteiger partial charge in [0, 0.05) is 38.0 Å². The highest BCUT2D eigenvalue weighted by molar-refractivity contribution is 5.81. The van der Waals surface area contributed by atoms with Crippen molar-refractivity contribution in [3.05, 3.63) is 0 Å². The van der Waals surface area contributed by atoms with Crippen LogP contribution in [-0.4, -0.2) is 71.7 Å². The van der Waals surface area contributed by atoms with Crippen LogP contribution in [-0.2, 0) is 14.3 Å². The number of carbonyl (C=O) groups excluding carboxylic acids is 2. The van der Waals surface area contributed by atoms with Crippen molar-refractivity contribution in [2.45, 2.75) is 71.0 Å². The van der Waals surface area contributed by atoms with Gasteiger partial charge < -0.3 is 19.6 Å². The molecule has 0 aromatic rings. The SMILES string of the molecule is CC(C)CCN1CC2(CCCN(C(=O)C3CCC(CO)O3)C2)CCC1=O. The molecule has 3 saturated heterocycles. The maximum absolute atomic E-state index is 12.9. The lowest BCUT2D eigenvalue weighted by atomic mass is 9.73. The molecule has 6 heteroatoms. The van der Waals surface area contributed by atoms with Gasteiger partial charge in [-0.1, -0.05) is 13.8 Å². The number of nitrogens with zero attached hydrogens (tertiary/aromatic N) is 2. The Morgan fingerprint density at radius 3 is 2.81 bits per heavy atom. The van der Waals surface area contributed by atoms with Crippen LogP contribution in [0.3, 0.4) is 0 Å². The molecule has 26 heavy (non-hydrogen) atoms. The van der Waals surface area contributed by atoms with E-state index >= 15 is 0 Å². The highest BCUT2D eigenvalue weighted by Crippen LogP contribution is 2.39. The van der Waals surface area contributed by atoms with Gasteiger partial charge >= 0.3 is 0 Å². The number of hydrogen-bond donors (Lipinski definition) is 1. The number of piperidine rings is 2. The third-order valence-electron chi connectivity index (χ3n) is 6.28. The maximum atomic E-state index is 12.9. The van der Waals surface area contributed by atoms with Crippen molar-refractivity contribution in [1.82, 2.24) is 9.80 Å². The molecular weight excluding hydrogens is 332 g/mol. The largest absolute Gasteiger partial charge is 0.394 e. The van der Waals surface area contributed by atoms with E-state index in [1.54, 1.807) is 0 Å². The van der Waals surface area contributed by atoms with Gasteiger partial charge in [-0.2, -0.15) is 0 Å². The summed E-state index contributed by atoms with van der Waals surface area (Å²) in [6.45, 7) is 7.49. The Bertz CT molecular complexity index is 524. The number of aliphatic hydroxyl groups excluding tert-OH is 1.